The standard InChI is InChI=1S/C30H37N5O7/c31-20(16-18-10-12-23(36)24(37)17-18)27(39)33-15-6-4-2-1-3-5-14-32-21-9-7-8-19-26(21)30(42)35(29(19)41)22-11-13-25(38)34-28(22)40/h7-10,12,17,20,22,32,36-37H,1-6,11,13-16,31H2,(H,33,39)(H,34,38,40)/t20-,22?/m0/s1. The normalized spacial score (nSPS) is 17.2. The van der Waals surface area contributed by atoms with Crippen molar-refractivity contribution in [3.63, 3.8) is 0 Å². The van der Waals surface area contributed by atoms with Gasteiger partial charge in [-0.2, -0.15) is 0 Å². The number of phenolic OH excluding ortho intramolecular Hbond substituents is 2. The van der Waals surface area contributed by atoms with Crippen LogP contribution in [-0.2, 0) is 20.8 Å². The number of aromatic hydroxyl groups is 2. The van der Waals surface area contributed by atoms with Gasteiger partial charge in [-0.3, -0.25) is 34.2 Å². The summed E-state index contributed by atoms with van der Waals surface area (Å²) in [4.78, 5) is 63.0. The lowest BCUT2D eigenvalue weighted by molar-refractivity contribution is -0.136. The molecule has 0 aromatic heterocycles. The fraction of sp³-hybridized carbons (Fsp3) is 0.433. The van der Waals surface area contributed by atoms with Gasteiger partial charge in [0.25, 0.3) is 11.8 Å². The lowest BCUT2D eigenvalue weighted by Gasteiger charge is -2.27. The molecule has 2 heterocycles. The number of rotatable bonds is 14. The van der Waals surface area contributed by atoms with E-state index in [2.05, 4.69) is 16.0 Å². The number of hydrogen-bond donors (Lipinski definition) is 6. The SMILES string of the molecule is N[C@@H](Cc1ccc(O)c(O)c1)C(=O)NCCCCCCCCNc1cccc2c1C(=O)N(C1CCC(=O)NC1=O)C2=O. The van der Waals surface area contributed by atoms with Gasteiger partial charge < -0.3 is 26.6 Å². The number of imide groups is 2. The minimum atomic E-state index is -0.992. The summed E-state index contributed by atoms with van der Waals surface area (Å²) >= 11 is 0. The van der Waals surface area contributed by atoms with E-state index < -0.39 is 35.7 Å². The van der Waals surface area contributed by atoms with Crippen LogP contribution < -0.4 is 21.7 Å². The lowest BCUT2D eigenvalue weighted by Crippen LogP contribution is -2.54. The Kier molecular flexibility index (Phi) is 10.1. The van der Waals surface area contributed by atoms with Gasteiger partial charge in [0.2, 0.25) is 17.7 Å². The molecule has 0 radical (unpaired) electrons. The quantitative estimate of drug-likeness (QED) is 0.110. The number of unbranched alkanes of at least 4 members (excludes halogenated alkanes) is 5. The number of hydrogen-bond acceptors (Lipinski definition) is 9. The van der Waals surface area contributed by atoms with Crippen molar-refractivity contribution in [2.75, 3.05) is 18.4 Å². The van der Waals surface area contributed by atoms with E-state index in [0.717, 1.165) is 43.4 Å². The van der Waals surface area contributed by atoms with Gasteiger partial charge in [-0.15, -0.1) is 0 Å². The molecule has 12 nitrogen and oxygen atoms in total. The molecule has 2 aliphatic heterocycles. The summed E-state index contributed by atoms with van der Waals surface area (Å²) in [5, 5.41) is 27.2. The molecule has 5 amide bonds. The largest absolute Gasteiger partial charge is 0.504 e. The first-order valence-electron chi connectivity index (χ1n) is 14.3. The number of nitrogens with zero attached hydrogens (tertiary/aromatic N) is 1. The monoisotopic (exact) mass is 579 g/mol. The zero-order valence-electron chi connectivity index (χ0n) is 23.4. The first-order valence-corrected chi connectivity index (χ1v) is 14.3. The third kappa shape index (κ3) is 7.24. The number of amides is 5. The molecule has 12 heteroatoms. The Morgan fingerprint density at radius 2 is 1.67 bits per heavy atom. The smallest absolute Gasteiger partial charge is 0.264 e. The second kappa shape index (κ2) is 13.9. The van der Waals surface area contributed by atoms with Crippen molar-refractivity contribution in [1.82, 2.24) is 15.5 Å². The fourth-order valence-electron chi connectivity index (χ4n) is 5.23. The maximum absolute atomic E-state index is 13.1. The Morgan fingerprint density at radius 3 is 2.38 bits per heavy atom. The molecular formula is C30H37N5O7. The molecule has 0 bridgehead atoms. The molecule has 2 aromatic carbocycles. The highest BCUT2D eigenvalue weighted by atomic mass is 16.3. The van der Waals surface area contributed by atoms with Gasteiger partial charge in [0, 0.05) is 25.2 Å². The number of piperidine rings is 1. The molecule has 0 saturated carbocycles. The maximum Gasteiger partial charge on any atom is 0.264 e. The second-order valence-electron chi connectivity index (χ2n) is 10.6. The fourth-order valence-corrected chi connectivity index (χ4v) is 5.23. The average Bonchev–Trinajstić information content (AvgIpc) is 3.21. The number of benzene rings is 2. The lowest BCUT2D eigenvalue weighted by atomic mass is 10.0. The van der Waals surface area contributed by atoms with Gasteiger partial charge in [0.1, 0.15) is 6.04 Å². The van der Waals surface area contributed by atoms with Crippen LogP contribution in [0.2, 0.25) is 0 Å². The van der Waals surface area contributed by atoms with E-state index in [9.17, 15) is 34.2 Å². The second-order valence-corrected chi connectivity index (χ2v) is 10.6. The van der Waals surface area contributed by atoms with E-state index in [4.69, 9.17) is 5.73 Å². The number of nitrogens with two attached hydrogens (primary N) is 1. The molecule has 2 atom stereocenters. The zero-order chi connectivity index (χ0) is 30.2. The highest BCUT2D eigenvalue weighted by molar-refractivity contribution is 6.25. The Labute approximate surface area is 243 Å². The summed E-state index contributed by atoms with van der Waals surface area (Å²) in [7, 11) is 0. The number of carbonyl (C=O) groups excluding carboxylic acids is 5. The van der Waals surface area contributed by atoms with Crippen LogP contribution in [0.4, 0.5) is 5.69 Å². The molecule has 42 heavy (non-hydrogen) atoms. The van der Waals surface area contributed by atoms with E-state index >= 15 is 0 Å². The summed E-state index contributed by atoms with van der Waals surface area (Å²) < 4.78 is 0. The Hall–Kier alpha value is -4.45. The molecule has 0 spiro atoms. The topological polar surface area (TPSA) is 191 Å². The number of fused-ring (bicyclic) bond motifs is 1. The minimum Gasteiger partial charge on any atom is -0.504 e. The van der Waals surface area contributed by atoms with Crippen molar-refractivity contribution < 1.29 is 34.2 Å². The van der Waals surface area contributed by atoms with E-state index in [1.807, 2.05) is 0 Å². The zero-order valence-corrected chi connectivity index (χ0v) is 23.4. The van der Waals surface area contributed by atoms with Crippen LogP contribution in [0.15, 0.2) is 36.4 Å². The Morgan fingerprint density at radius 1 is 0.952 bits per heavy atom. The van der Waals surface area contributed by atoms with E-state index in [1.165, 1.54) is 12.1 Å². The molecule has 1 unspecified atom stereocenters. The van der Waals surface area contributed by atoms with Gasteiger partial charge in [0.15, 0.2) is 11.5 Å². The molecule has 224 valence electrons. The molecule has 7 N–H and O–H groups in total. The van der Waals surface area contributed by atoms with Crippen LogP contribution in [0, 0.1) is 0 Å². The van der Waals surface area contributed by atoms with Crippen molar-refractivity contribution in [1.29, 1.82) is 0 Å². The first kappa shape index (κ1) is 30.5. The van der Waals surface area contributed by atoms with Crippen molar-refractivity contribution in [2.24, 2.45) is 5.73 Å². The van der Waals surface area contributed by atoms with Gasteiger partial charge in [0.05, 0.1) is 17.2 Å². The van der Waals surface area contributed by atoms with Crippen LogP contribution in [0.3, 0.4) is 0 Å². The van der Waals surface area contributed by atoms with Crippen molar-refractivity contribution in [3.8, 4) is 11.5 Å². The summed E-state index contributed by atoms with van der Waals surface area (Å²) in [5.41, 5.74) is 7.68. The third-order valence-corrected chi connectivity index (χ3v) is 7.52. The van der Waals surface area contributed by atoms with Crippen molar-refractivity contribution in [2.45, 2.75) is 69.9 Å². The predicted octanol–water partition coefficient (Wildman–Crippen LogP) is 1.94. The Balaban J connectivity index is 1.11. The number of anilines is 1. The van der Waals surface area contributed by atoms with Crippen molar-refractivity contribution >= 4 is 35.2 Å². The number of nitrogens with one attached hydrogen (secondary N) is 3. The molecule has 4 rings (SSSR count). The maximum atomic E-state index is 13.1. The molecule has 2 aromatic rings. The van der Waals surface area contributed by atoms with E-state index in [0.29, 0.717) is 24.3 Å². The van der Waals surface area contributed by atoms with Gasteiger partial charge in [-0.25, -0.2) is 0 Å². The number of phenols is 2. The summed E-state index contributed by atoms with van der Waals surface area (Å²) in [6.07, 6.45) is 6.06. The van der Waals surface area contributed by atoms with Crippen LogP contribution in [0.25, 0.3) is 0 Å². The Bertz CT molecular complexity index is 1360. The first-order chi connectivity index (χ1) is 20.2. The van der Waals surface area contributed by atoms with Gasteiger partial charge in [-0.1, -0.05) is 37.8 Å². The number of carbonyl (C=O) groups is 5. The van der Waals surface area contributed by atoms with Crippen molar-refractivity contribution in [3.05, 3.63) is 53.1 Å². The minimum absolute atomic E-state index is 0.0760. The third-order valence-electron chi connectivity index (χ3n) is 7.52. The van der Waals surface area contributed by atoms with Gasteiger partial charge in [-0.05, 0) is 55.5 Å². The van der Waals surface area contributed by atoms with E-state index in [-0.39, 0.29) is 47.8 Å². The molecule has 0 aliphatic carbocycles. The van der Waals surface area contributed by atoms with E-state index in [1.54, 1.807) is 24.3 Å². The average molecular weight is 580 g/mol. The summed E-state index contributed by atoms with van der Waals surface area (Å²) in [5.74, 6) is -2.82. The molecular weight excluding hydrogens is 542 g/mol. The predicted molar refractivity (Wildman–Crippen MR) is 154 cm³/mol. The summed E-state index contributed by atoms with van der Waals surface area (Å²) in [6.45, 7) is 1.14. The molecule has 1 fully saturated rings. The van der Waals surface area contributed by atoms with Crippen LogP contribution >= 0.6 is 0 Å². The van der Waals surface area contributed by atoms with Crippen LogP contribution in [0.5, 0.6) is 11.5 Å². The van der Waals surface area contributed by atoms with Crippen LogP contribution in [-0.4, -0.2) is 69.8 Å². The molecule has 2 aliphatic rings. The molecule has 1 saturated heterocycles. The van der Waals surface area contributed by atoms with Gasteiger partial charge >= 0.3 is 0 Å². The summed E-state index contributed by atoms with van der Waals surface area (Å²) in [6, 6.07) is 7.64. The highest BCUT2D eigenvalue weighted by Gasteiger charge is 2.45. The van der Waals surface area contributed by atoms with Crippen LogP contribution in [0.1, 0.15) is 77.6 Å². The highest BCUT2D eigenvalue weighted by Crippen LogP contribution is 2.32.